The highest BCUT2D eigenvalue weighted by Gasteiger charge is 2.11. The first-order valence-corrected chi connectivity index (χ1v) is 7.62. The van der Waals surface area contributed by atoms with Crippen molar-refractivity contribution in [3.8, 4) is 0 Å². The Hall–Kier alpha value is -2.14. The molecule has 22 heavy (non-hydrogen) atoms. The van der Waals surface area contributed by atoms with Gasteiger partial charge in [0, 0.05) is 30.9 Å². The zero-order chi connectivity index (χ0) is 15.9. The first kappa shape index (κ1) is 16.2. The van der Waals surface area contributed by atoms with E-state index in [1.807, 2.05) is 30.9 Å². The second-order valence-electron chi connectivity index (χ2n) is 4.72. The molecule has 0 aliphatic carbocycles. The number of hydrogen-bond donors (Lipinski definition) is 1. The Morgan fingerprint density at radius 3 is 2.50 bits per heavy atom. The van der Waals surface area contributed by atoms with Crippen LogP contribution < -0.4 is 10.2 Å². The average molecular weight is 319 g/mol. The van der Waals surface area contributed by atoms with Crippen molar-refractivity contribution in [3.05, 3.63) is 52.8 Å². The zero-order valence-electron chi connectivity index (χ0n) is 12.7. The molecule has 116 valence electrons. The Bertz CT molecular complexity index is 626. The van der Waals surface area contributed by atoms with E-state index in [0.717, 1.165) is 18.7 Å². The van der Waals surface area contributed by atoms with E-state index in [4.69, 9.17) is 11.6 Å². The molecular weight excluding hydrogens is 300 g/mol. The fourth-order valence-electron chi connectivity index (χ4n) is 2.01. The summed E-state index contributed by atoms with van der Waals surface area (Å²) in [4.78, 5) is 22.7. The summed E-state index contributed by atoms with van der Waals surface area (Å²) in [5.74, 6) is 0.356. The summed E-state index contributed by atoms with van der Waals surface area (Å²) in [6.07, 6.45) is 1.61. The third-order valence-corrected chi connectivity index (χ3v) is 3.54. The lowest BCUT2D eigenvalue weighted by atomic mass is 10.2. The molecule has 0 saturated carbocycles. The molecule has 1 heterocycles. The van der Waals surface area contributed by atoms with Crippen LogP contribution in [-0.4, -0.2) is 29.0 Å². The van der Waals surface area contributed by atoms with Crippen molar-refractivity contribution in [1.82, 2.24) is 15.3 Å². The van der Waals surface area contributed by atoms with Gasteiger partial charge in [-0.15, -0.1) is 0 Å². The molecular formula is C16H19ClN4O. The fraction of sp³-hybridized carbons (Fsp3) is 0.312. The fourth-order valence-corrected chi connectivity index (χ4v) is 2.13. The van der Waals surface area contributed by atoms with Crippen LogP contribution >= 0.6 is 11.6 Å². The lowest BCUT2D eigenvalue weighted by Crippen LogP contribution is -2.27. The molecule has 1 aromatic carbocycles. The molecule has 0 aliphatic heterocycles. The minimum atomic E-state index is -0.217. The van der Waals surface area contributed by atoms with Gasteiger partial charge in [0.2, 0.25) is 5.95 Å². The molecule has 2 rings (SSSR count). The van der Waals surface area contributed by atoms with Gasteiger partial charge in [0.25, 0.3) is 5.91 Å². The summed E-state index contributed by atoms with van der Waals surface area (Å²) >= 11 is 5.84. The van der Waals surface area contributed by atoms with Gasteiger partial charge in [-0.2, -0.15) is 0 Å². The maximum Gasteiger partial charge on any atom is 0.270 e. The van der Waals surface area contributed by atoms with Gasteiger partial charge >= 0.3 is 0 Å². The minimum absolute atomic E-state index is 0.217. The third kappa shape index (κ3) is 4.18. The van der Waals surface area contributed by atoms with Gasteiger partial charge in [0.15, 0.2) is 0 Å². The Morgan fingerprint density at radius 2 is 1.86 bits per heavy atom. The van der Waals surface area contributed by atoms with Gasteiger partial charge in [-0.1, -0.05) is 23.7 Å². The molecule has 2 aromatic rings. The summed E-state index contributed by atoms with van der Waals surface area (Å²) < 4.78 is 0. The van der Waals surface area contributed by atoms with Crippen LogP contribution in [0.4, 0.5) is 5.95 Å². The van der Waals surface area contributed by atoms with E-state index in [0.29, 0.717) is 23.2 Å². The summed E-state index contributed by atoms with van der Waals surface area (Å²) in [5, 5.41) is 3.52. The maximum absolute atomic E-state index is 12.2. The number of anilines is 1. The van der Waals surface area contributed by atoms with Crippen molar-refractivity contribution in [3.63, 3.8) is 0 Å². The average Bonchev–Trinajstić information content (AvgIpc) is 2.55. The number of amides is 1. The lowest BCUT2D eigenvalue weighted by molar-refractivity contribution is 0.0946. The largest absolute Gasteiger partial charge is 0.347 e. The van der Waals surface area contributed by atoms with Crippen LogP contribution in [0.15, 0.2) is 36.5 Å². The van der Waals surface area contributed by atoms with E-state index < -0.39 is 0 Å². The molecule has 0 aliphatic rings. The number of rotatable bonds is 6. The summed E-state index contributed by atoms with van der Waals surface area (Å²) in [7, 11) is 0. The molecule has 0 fully saturated rings. The highest BCUT2D eigenvalue weighted by Crippen LogP contribution is 2.10. The number of carbonyl (C=O) groups excluding carboxylic acids is 1. The molecule has 0 spiro atoms. The number of hydrogen-bond acceptors (Lipinski definition) is 4. The Morgan fingerprint density at radius 1 is 1.18 bits per heavy atom. The Labute approximate surface area is 135 Å². The van der Waals surface area contributed by atoms with Crippen molar-refractivity contribution in [2.45, 2.75) is 20.4 Å². The van der Waals surface area contributed by atoms with Crippen molar-refractivity contribution in [2.75, 3.05) is 18.0 Å². The SMILES string of the molecule is CCN(CC)c1nccc(C(=O)NCc2ccc(Cl)cc2)n1. The third-order valence-electron chi connectivity index (χ3n) is 3.29. The zero-order valence-corrected chi connectivity index (χ0v) is 13.5. The van der Waals surface area contributed by atoms with E-state index >= 15 is 0 Å². The summed E-state index contributed by atoms with van der Waals surface area (Å²) in [6.45, 7) is 6.08. The normalized spacial score (nSPS) is 10.3. The highest BCUT2D eigenvalue weighted by molar-refractivity contribution is 6.30. The molecule has 0 radical (unpaired) electrons. The van der Waals surface area contributed by atoms with Gasteiger partial charge in [0.05, 0.1) is 0 Å². The first-order valence-electron chi connectivity index (χ1n) is 7.24. The van der Waals surface area contributed by atoms with Crippen LogP contribution in [0.5, 0.6) is 0 Å². The number of halogens is 1. The van der Waals surface area contributed by atoms with E-state index in [1.54, 1.807) is 24.4 Å². The van der Waals surface area contributed by atoms with Crippen molar-refractivity contribution < 1.29 is 4.79 Å². The van der Waals surface area contributed by atoms with Gasteiger partial charge < -0.3 is 10.2 Å². The molecule has 0 unspecified atom stereocenters. The van der Waals surface area contributed by atoms with Gasteiger partial charge in [0.1, 0.15) is 5.69 Å². The molecule has 1 N–H and O–H groups in total. The molecule has 1 amide bonds. The second kappa shape index (κ2) is 7.75. The van der Waals surface area contributed by atoms with Crippen LogP contribution in [-0.2, 0) is 6.54 Å². The molecule has 6 heteroatoms. The van der Waals surface area contributed by atoms with Crippen LogP contribution in [0.2, 0.25) is 5.02 Å². The van der Waals surface area contributed by atoms with Crippen LogP contribution in [0.1, 0.15) is 29.9 Å². The number of nitrogens with one attached hydrogen (secondary N) is 1. The molecule has 1 aromatic heterocycles. The Balaban J connectivity index is 2.03. The van der Waals surface area contributed by atoms with Gasteiger partial charge in [-0.3, -0.25) is 4.79 Å². The summed E-state index contributed by atoms with van der Waals surface area (Å²) in [5.41, 5.74) is 1.35. The molecule has 5 nitrogen and oxygen atoms in total. The van der Waals surface area contributed by atoms with Crippen LogP contribution in [0, 0.1) is 0 Å². The topological polar surface area (TPSA) is 58.1 Å². The van der Waals surface area contributed by atoms with E-state index in [-0.39, 0.29) is 5.91 Å². The van der Waals surface area contributed by atoms with Gasteiger partial charge in [-0.05, 0) is 37.6 Å². The lowest BCUT2D eigenvalue weighted by Gasteiger charge is -2.18. The van der Waals surface area contributed by atoms with Crippen molar-refractivity contribution >= 4 is 23.5 Å². The van der Waals surface area contributed by atoms with Crippen LogP contribution in [0.25, 0.3) is 0 Å². The highest BCUT2D eigenvalue weighted by atomic mass is 35.5. The van der Waals surface area contributed by atoms with Gasteiger partial charge in [-0.25, -0.2) is 9.97 Å². The molecule has 0 bridgehead atoms. The van der Waals surface area contributed by atoms with Crippen molar-refractivity contribution in [2.24, 2.45) is 0 Å². The second-order valence-corrected chi connectivity index (χ2v) is 5.16. The quantitative estimate of drug-likeness (QED) is 0.889. The van der Waals surface area contributed by atoms with Crippen molar-refractivity contribution in [1.29, 1.82) is 0 Å². The number of carbonyl (C=O) groups is 1. The summed E-state index contributed by atoms with van der Waals surface area (Å²) in [6, 6.07) is 8.97. The van der Waals surface area contributed by atoms with Crippen LogP contribution in [0.3, 0.4) is 0 Å². The Kier molecular flexibility index (Phi) is 5.72. The number of benzene rings is 1. The standard InChI is InChI=1S/C16H19ClN4O/c1-3-21(4-2)16-18-10-9-14(20-16)15(22)19-11-12-5-7-13(17)8-6-12/h5-10H,3-4,11H2,1-2H3,(H,19,22). The maximum atomic E-state index is 12.2. The van der Waals surface area contributed by atoms with E-state index in [1.165, 1.54) is 0 Å². The molecule has 0 atom stereocenters. The first-order chi connectivity index (χ1) is 10.6. The predicted octanol–water partition coefficient (Wildman–Crippen LogP) is 2.91. The predicted molar refractivity (Wildman–Crippen MR) is 88.2 cm³/mol. The molecule has 0 saturated heterocycles. The monoisotopic (exact) mass is 318 g/mol. The minimum Gasteiger partial charge on any atom is -0.347 e. The van der Waals surface area contributed by atoms with E-state index in [2.05, 4.69) is 15.3 Å². The smallest absolute Gasteiger partial charge is 0.270 e. The number of nitrogens with zero attached hydrogens (tertiary/aromatic N) is 3. The van der Waals surface area contributed by atoms with E-state index in [9.17, 15) is 4.79 Å². The number of aromatic nitrogens is 2.